The van der Waals surface area contributed by atoms with E-state index in [4.69, 9.17) is 11.6 Å². The zero-order chi connectivity index (χ0) is 11.3. The molecule has 0 amide bonds. The third-order valence-corrected chi connectivity index (χ3v) is 2.62. The highest BCUT2D eigenvalue weighted by Gasteiger charge is 2.27. The van der Waals surface area contributed by atoms with Crippen molar-refractivity contribution in [1.29, 1.82) is 0 Å². The van der Waals surface area contributed by atoms with Crippen LogP contribution < -0.4 is 10.2 Å². The van der Waals surface area contributed by atoms with Gasteiger partial charge in [-0.05, 0) is 19.2 Å². The van der Waals surface area contributed by atoms with Gasteiger partial charge in [-0.15, -0.1) is 0 Å². The van der Waals surface area contributed by atoms with E-state index >= 15 is 0 Å². The van der Waals surface area contributed by atoms with E-state index in [1.807, 2.05) is 33.0 Å². The molecule has 1 fully saturated rings. The highest BCUT2D eigenvalue weighted by molar-refractivity contribution is 6.32. The van der Waals surface area contributed by atoms with Gasteiger partial charge in [0.2, 0.25) is 0 Å². The third-order valence-electron chi connectivity index (χ3n) is 2.33. The van der Waals surface area contributed by atoms with Gasteiger partial charge in [0.15, 0.2) is 0 Å². The van der Waals surface area contributed by atoms with Crippen LogP contribution in [0.3, 0.4) is 0 Å². The maximum atomic E-state index is 6.00. The van der Waals surface area contributed by atoms with E-state index in [-0.39, 0.29) is 0 Å². The molecule has 0 radical (unpaired) electrons. The van der Waals surface area contributed by atoms with Crippen LogP contribution in [-0.2, 0) is 0 Å². The molecule has 84 valence electrons. The average Bonchev–Trinajstić information content (AvgIpc) is 2.22. The lowest BCUT2D eigenvalue weighted by molar-refractivity contribution is 0.447. The van der Waals surface area contributed by atoms with Crippen molar-refractivity contribution >= 4 is 17.4 Å². The van der Waals surface area contributed by atoms with Gasteiger partial charge in [0, 0.05) is 25.3 Å². The number of rotatable bonds is 2. The van der Waals surface area contributed by atoms with Crippen molar-refractivity contribution in [2.75, 3.05) is 25.0 Å². The molecule has 1 aromatic rings. The van der Waals surface area contributed by atoms with Crippen molar-refractivity contribution in [1.82, 2.24) is 10.3 Å². The van der Waals surface area contributed by atoms with Gasteiger partial charge in [-0.3, -0.25) is 0 Å². The fraction of sp³-hybridized carbons (Fsp3) is 0.545. The molecule has 3 nitrogen and oxygen atoms in total. The number of hydrogen-bond acceptors (Lipinski definition) is 3. The molecule has 0 spiro atoms. The molecule has 2 heterocycles. The van der Waals surface area contributed by atoms with Crippen molar-refractivity contribution in [3.63, 3.8) is 0 Å². The standard InChI is InChI=1S/C9H12ClN3.C2H6/c1-11-7-5-13(6-7)9-8(10)3-2-4-12-9;1-2/h2-4,7,11H,5-6H2,1H3;1-2H3. The molecule has 0 saturated carbocycles. The Balaban J connectivity index is 0.000000531. The lowest BCUT2D eigenvalue weighted by atomic mass is 10.1. The number of pyridine rings is 1. The van der Waals surface area contributed by atoms with Crippen LogP contribution in [0.1, 0.15) is 13.8 Å². The first-order chi connectivity index (χ1) is 7.31. The Morgan fingerprint density at radius 2 is 2.13 bits per heavy atom. The maximum Gasteiger partial charge on any atom is 0.147 e. The van der Waals surface area contributed by atoms with E-state index in [0.717, 1.165) is 23.9 Å². The van der Waals surface area contributed by atoms with E-state index in [0.29, 0.717) is 6.04 Å². The predicted octanol–water partition coefficient (Wildman–Crippen LogP) is 2.17. The average molecular weight is 228 g/mol. The van der Waals surface area contributed by atoms with Gasteiger partial charge in [-0.25, -0.2) is 4.98 Å². The summed E-state index contributed by atoms with van der Waals surface area (Å²) in [4.78, 5) is 6.41. The molecule has 2 rings (SSSR count). The summed E-state index contributed by atoms with van der Waals surface area (Å²) in [6, 6.07) is 4.30. The highest BCUT2D eigenvalue weighted by Crippen LogP contribution is 2.25. The van der Waals surface area contributed by atoms with Crippen LogP contribution in [0, 0.1) is 0 Å². The Kier molecular flexibility index (Phi) is 4.85. The first-order valence-electron chi connectivity index (χ1n) is 5.34. The van der Waals surface area contributed by atoms with Crippen LogP contribution >= 0.6 is 11.6 Å². The summed E-state index contributed by atoms with van der Waals surface area (Å²) >= 11 is 6.00. The van der Waals surface area contributed by atoms with Crippen LogP contribution in [0.15, 0.2) is 18.3 Å². The van der Waals surface area contributed by atoms with Crippen LogP contribution in [0.4, 0.5) is 5.82 Å². The van der Waals surface area contributed by atoms with Crippen molar-refractivity contribution in [3.8, 4) is 0 Å². The second kappa shape index (κ2) is 5.93. The number of nitrogens with zero attached hydrogens (tertiary/aromatic N) is 2. The lowest BCUT2D eigenvalue weighted by Crippen LogP contribution is -2.57. The zero-order valence-electron chi connectivity index (χ0n) is 9.50. The summed E-state index contributed by atoms with van der Waals surface area (Å²) in [6.07, 6.45) is 1.77. The second-order valence-corrected chi connectivity index (χ2v) is 3.61. The summed E-state index contributed by atoms with van der Waals surface area (Å²) in [5.41, 5.74) is 0. The van der Waals surface area contributed by atoms with Gasteiger partial charge in [0.25, 0.3) is 0 Å². The third kappa shape index (κ3) is 2.83. The number of nitrogens with one attached hydrogen (secondary N) is 1. The van der Waals surface area contributed by atoms with Crippen LogP contribution in [0.2, 0.25) is 5.02 Å². The molecule has 0 aromatic carbocycles. The Hall–Kier alpha value is -0.800. The summed E-state index contributed by atoms with van der Waals surface area (Å²) in [7, 11) is 1.97. The predicted molar refractivity (Wildman–Crippen MR) is 65.7 cm³/mol. The van der Waals surface area contributed by atoms with Gasteiger partial charge in [0.1, 0.15) is 5.82 Å². The van der Waals surface area contributed by atoms with Crippen LogP contribution in [0.25, 0.3) is 0 Å². The Morgan fingerprint density at radius 3 is 2.67 bits per heavy atom. The van der Waals surface area contributed by atoms with E-state index in [1.165, 1.54) is 0 Å². The topological polar surface area (TPSA) is 28.2 Å². The number of likely N-dealkylation sites (N-methyl/N-ethyl adjacent to an activating group) is 1. The molecule has 0 bridgehead atoms. The molecular weight excluding hydrogens is 210 g/mol. The molecule has 0 unspecified atom stereocenters. The van der Waals surface area contributed by atoms with Crippen molar-refractivity contribution in [2.24, 2.45) is 0 Å². The van der Waals surface area contributed by atoms with E-state index in [1.54, 1.807) is 6.20 Å². The van der Waals surface area contributed by atoms with Gasteiger partial charge in [0.05, 0.1) is 5.02 Å². The van der Waals surface area contributed by atoms with E-state index < -0.39 is 0 Å². The monoisotopic (exact) mass is 227 g/mol. The van der Waals surface area contributed by atoms with Crippen molar-refractivity contribution < 1.29 is 0 Å². The van der Waals surface area contributed by atoms with Crippen LogP contribution in [0.5, 0.6) is 0 Å². The Labute approximate surface area is 96.5 Å². The van der Waals surface area contributed by atoms with E-state index in [9.17, 15) is 0 Å². The maximum absolute atomic E-state index is 6.00. The minimum absolute atomic E-state index is 0.582. The zero-order valence-corrected chi connectivity index (χ0v) is 10.3. The summed E-state index contributed by atoms with van der Waals surface area (Å²) in [6.45, 7) is 5.99. The largest absolute Gasteiger partial charge is 0.352 e. The SMILES string of the molecule is CC.CNC1CN(c2ncccc2Cl)C1. The quantitative estimate of drug-likeness (QED) is 0.840. The normalized spacial score (nSPS) is 15.3. The summed E-state index contributed by atoms with van der Waals surface area (Å²) in [5, 5.41) is 3.94. The molecule has 0 atom stereocenters. The molecule has 1 aliphatic rings. The minimum Gasteiger partial charge on any atom is -0.352 e. The number of anilines is 1. The van der Waals surface area contributed by atoms with Gasteiger partial charge in [-0.2, -0.15) is 0 Å². The molecule has 1 aromatic heterocycles. The highest BCUT2D eigenvalue weighted by atomic mass is 35.5. The Bertz CT molecular complexity index is 298. The van der Waals surface area contributed by atoms with Gasteiger partial charge in [-0.1, -0.05) is 25.4 Å². The van der Waals surface area contributed by atoms with Crippen molar-refractivity contribution in [2.45, 2.75) is 19.9 Å². The number of aromatic nitrogens is 1. The lowest BCUT2D eigenvalue weighted by Gasteiger charge is -2.40. The van der Waals surface area contributed by atoms with Gasteiger partial charge < -0.3 is 10.2 Å². The molecule has 4 heteroatoms. The smallest absolute Gasteiger partial charge is 0.147 e. The molecule has 15 heavy (non-hydrogen) atoms. The second-order valence-electron chi connectivity index (χ2n) is 3.20. The minimum atomic E-state index is 0.582. The van der Waals surface area contributed by atoms with Crippen molar-refractivity contribution in [3.05, 3.63) is 23.4 Å². The number of halogens is 1. The molecule has 1 N–H and O–H groups in total. The first kappa shape index (κ1) is 12.3. The Morgan fingerprint density at radius 1 is 1.47 bits per heavy atom. The first-order valence-corrected chi connectivity index (χ1v) is 5.72. The summed E-state index contributed by atoms with van der Waals surface area (Å²) < 4.78 is 0. The molecule has 1 aliphatic heterocycles. The molecular formula is C11H18ClN3. The molecule has 1 saturated heterocycles. The fourth-order valence-electron chi connectivity index (χ4n) is 1.44. The molecule has 0 aliphatic carbocycles. The van der Waals surface area contributed by atoms with Gasteiger partial charge >= 0.3 is 0 Å². The fourth-order valence-corrected chi connectivity index (χ4v) is 1.69. The van der Waals surface area contributed by atoms with E-state index in [2.05, 4.69) is 15.2 Å². The number of hydrogen-bond donors (Lipinski definition) is 1. The van der Waals surface area contributed by atoms with Crippen LogP contribution in [-0.4, -0.2) is 31.2 Å². The summed E-state index contributed by atoms with van der Waals surface area (Å²) in [5.74, 6) is 0.899.